The van der Waals surface area contributed by atoms with Crippen molar-refractivity contribution in [2.75, 3.05) is 26.2 Å². The Morgan fingerprint density at radius 2 is 2.35 bits per heavy atom. The molecule has 0 saturated carbocycles. The molecule has 0 aromatic carbocycles. The van der Waals surface area contributed by atoms with Crippen LogP contribution in [0.2, 0.25) is 0 Å². The lowest BCUT2D eigenvalue weighted by molar-refractivity contribution is -0.149. The van der Waals surface area contributed by atoms with Crippen molar-refractivity contribution in [2.45, 2.75) is 39.0 Å². The van der Waals surface area contributed by atoms with Gasteiger partial charge in [-0.2, -0.15) is 5.26 Å². The monoisotopic (exact) mass is 238 g/mol. The number of carbonyl (C=O) groups is 1. The van der Waals surface area contributed by atoms with Crippen LogP contribution in [-0.4, -0.2) is 37.1 Å². The summed E-state index contributed by atoms with van der Waals surface area (Å²) in [5.41, 5.74) is 0. The number of unbranched alkanes of at least 4 members (excludes halogenated alkanes) is 2. The lowest BCUT2D eigenvalue weighted by Gasteiger charge is -2.31. The lowest BCUT2D eigenvalue weighted by Crippen LogP contribution is -2.39. The highest BCUT2D eigenvalue weighted by molar-refractivity contribution is 5.72. The summed E-state index contributed by atoms with van der Waals surface area (Å²) in [6.07, 6.45) is 4.66. The van der Waals surface area contributed by atoms with Crippen LogP contribution in [0.4, 0.5) is 0 Å². The highest BCUT2D eigenvalue weighted by Crippen LogP contribution is 2.18. The molecule has 4 heteroatoms. The van der Waals surface area contributed by atoms with E-state index in [4.69, 9.17) is 10.00 Å². The summed E-state index contributed by atoms with van der Waals surface area (Å²) in [5, 5.41) is 8.45. The second-order valence-electron chi connectivity index (χ2n) is 4.51. The Morgan fingerprint density at radius 1 is 1.53 bits per heavy atom. The molecule has 17 heavy (non-hydrogen) atoms. The summed E-state index contributed by atoms with van der Waals surface area (Å²) in [7, 11) is 0. The molecule has 0 aliphatic carbocycles. The van der Waals surface area contributed by atoms with Crippen LogP contribution in [0.15, 0.2) is 0 Å². The van der Waals surface area contributed by atoms with E-state index in [2.05, 4.69) is 11.0 Å². The van der Waals surface area contributed by atoms with Gasteiger partial charge in [0.05, 0.1) is 18.6 Å². The van der Waals surface area contributed by atoms with Crippen molar-refractivity contribution < 1.29 is 9.53 Å². The van der Waals surface area contributed by atoms with Crippen LogP contribution in [0, 0.1) is 17.2 Å². The molecule has 0 amide bonds. The topological polar surface area (TPSA) is 53.3 Å². The summed E-state index contributed by atoms with van der Waals surface area (Å²) in [6.45, 7) is 5.21. The van der Waals surface area contributed by atoms with Gasteiger partial charge in [0, 0.05) is 13.0 Å². The summed E-state index contributed by atoms with van der Waals surface area (Å²) in [4.78, 5) is 13.9. The number of hydrogen-bond acceptors (Lipinski definition) is 4. The second-order valence-corrected chi connectivity index (χ2v) is 4.51. The molecule has 0 N–H and O–H groups in total. The van der Waals surface area contributed by atoms with E-state index in [1.54, 1.807) is 0 Å². The van der Waals surface area contributed by atoms with Crippen molar-refractivity contribution in [3.05, 3.63) is 0 Å². The second kappa shape index (κ2) is 8.08. The van der Waals surface area contributed by atoms with Crippen LogP contribution >= 0.6 is 0 Å². The molecule has 1 aliphatic heterocycles. The Hall–Kier alpha value is -1.08. The minimum Gasteiger partial charge on any atom is -0.466 e. The highest BCUT2D eigenvalue weighted by atomic mass is 16.5. The zero-order chi connectivity index (χ0) is 12.5. The number of likely N-dealkylation sites (tertiary alicyclic amines) is 1. The molecule has 1 saturated heterocycles. The maximum Gasteiger partial charge on any atom is 0.310 e. The highest BCUT2D eigenvalue weighted by Gasteiger charge is 2.26. The maximum absolute atomic E-state index is 11.6. The Morgan fingerprint density at radius 3 is 3.06 bits per heavy atom. The van der Waals surface area contributed by atoms with Gasteiger partial charge < -0.3 is 9.64 Å². The van der Waals surface area contributed by atoms with Gasteiger partial charge in [0.2, 0.25) is 0 Å². The summed E-state index contributed by atoms with van der Waals surface area (Å²) < 4.78 is 5.06. The average Bonchev–Trinajstić information content (AvgIpc) is 2.35. The standard InChI is InChI=1S/C13H22N2O2/c1-2-17-13(16)12-7-6-10-15(11-12)9-5-3-4-8-14/h12H,2-7,9-11H2,1H3/t12-/m0/s1. The first kappa shape index (κ1) is 14.0. The number of nitriles is 1. The Balaban J connectivity index is 2.24. The van der Waals surface area contributed by atoms with Gasteiger partial charge in [0.1, 0.15) is 0 Å². The van der Waals surface area contributed by atoms with Gasteiger partial charge in [-0.15, -0.1) is 0 Å². The van der Waals surface area contributed by atoms with E-state index in [1.165, 1.54) is 0 Å². The number of rotatable bonds is 6. The van der Waals surface area contributed by atoms with Crippen molar-refractivity contribution in [3.8, 4) is 6.07 Å². The quantitative estimate of drug-likeness (QED) is 0.524. The average molecular weight is 238 g/mol. The molecule has 1 heterocycles. The molecule has 0 spiro atoms. The molecule has 1 fully saturated rings. The Bertz CT molecular complexity index is 273. The third-order valence-corrected chi connectivity index (χ3v) is 3.14. The van der Waals surface area contributed by atoms with E-state index in [0.717, 1.165) is 45.3 Å². The maximum atomic E-state index is 11.6. The van der Waals surface area contributed by atoms with Gasteiger partial charge >= 0.3 is 5.97 Å². The molecular weight excluding hydrogens is 216 g/mol. The molecular formula is C13H22N2O2. The Labute approximate surface area is 104 Å². The fourth-order valence-corrected chi connectivity index (χ4v) is 2.25. The summed E-state index contributed by atoms with van der Waals surface area (Å²) in [6, 6.07) is 2.16. The first-order valence-corrected chi connectivity index (χ1v) is 6.54. The zero-order valence-electron chi connectivity index (χ0n) is 10.7. The SMILES string of the molecule is CCOC(=O)[C@H]1CCCN(CCCCC#N)C1. The summed E-state index contributed by atoms with van der Waals surface area (Å²) in [5.74, 6) is 0.00823. The van der Waals surface area contributed by atoms with E-state index in [-0.39, 0.29) is 11.9 Å². The van der Waals surface area contributed by atoms with Gasteiger partial charge in [-0.05, 0) is 45.7 Å². The first-order valence-electron chi connectivity index (χ1n) is 6.54. The minimum atomic E-state index is -0.0470. The number of carbonyl (C=O) groups excluding carboxylic acids is 1. The normalized spacial score (nSPS) is 20.8. The van der Waals surface area contributed by atoms with E-state index in [1.807, 2.05) is 6.92 Å². The number of ether oxygens (including phenoxy) is 1. The van der Waals surface area contributed by atoms with Crippen molar-refractivity contribution >= 4 is 5.97 Å². The zero-order valence-corrected chi connectivity index (χ0v) is 10.7. The molecule has 1 rings (SSSR count). The van der Waals surface area contributed by atoms with Crippen molar-refractivity contribution in [1.29, 1.82) is 5.26 Å². The molecule has 0 aromatic rings. The van der Waals surface area contributed by atoms with Crippen molar-refractivity contribution in [1.82, 2.24) is 4.90 Å². The van der Waals surface area contributed by atoms with Crippen LogP contribution < -0.4 is 0 Å². The van der Waals surface area contributed by atoms with Gasteiger partial charge in [0.25, 0.3) is 0 Å². The summed E-state index contributed by atoms with van der Waals surface area (Å²) >= 11 is 0. The van der Waals surface area contributed by atoms with E-state index in [9.17, 15) is 4.79 Å². The molecule has 0 unspecified atom stereocenters. The number of hydrogen-bond donors (Lipinski definition) is 0. The number of piperidine rings is 1. The molecule has 1 atom stereocenters. The van der Waals surface area contributed by atoms with Crippen LogP contribution in [0.25, 0.3) is 0 Å². The first-order chi connectivity index (χ1) is 8.27. The molecule has 0 radical (unpaired) electrons. The van der Waals surface area contributed by atoms with Gasteiger partial charge in [0.15, 0.2) is 0 Å². The van der Waals surface area contributed by atoms with E-state index in [0.29, 0.717) is 13.0 Å². The Kier molecular flexibility index (Phi) is 6.64. The fourth-order valence-electron chi connectivity index (χ4n) is 2.25. The molecule has 0 aromatic heterocycles. The predicted molar refractivity (Wildman–Crippen MR) is 65.3 cm³/mol. The van der Waals surface area contributed by atoms with E-state index < -0.39 is 0 Å². The number of nitrogens with zero attached hydrogens (tertiary/aromatic N) is 2. The minimum absolute atomic E-state index is 0.0470. The van der Waals surface area contributed by atoms with Crippen LogP contribution in [0.5, 0.6) is 0 Å². The lowest BCUT2D eigenvalue weighted by atomic mass is 9.98. The third kappa shape index (κ3) is 5.18. The van der Waals surface area contributed by atoms with Crippen LogP contribution in [-0.2, 0) is 9.53 Å². The van der Waals surface area contributed by atoms with Crippen LogP contribution in [0.3, 0.4) is 0 Å². The molecule has 0 bridgehead atoms. The largest absolute Gasteiger partial charge is 0.466 e. The van der Waals surface area contributed by atoms with Gasteiger partial charge in [-0.1, -0.05) is 0 Å². The molecule has 1 aliphatic rings. The van der Waals surface area contributed by atoms with Crippen LogP contribution in [0.1, 0.15) is 39.0 Å². The van der Waals surface area contributed by atoms with Crippen molar-refractivity contribution in [2.24, 2.45) is 5.92 Å². The molecule has 96 valence electrons. The van der Waals surface area contributed by atoms with Crippen molar-refractivity contribution in [3.63, 3.8) is 0 Å². The predicted octanol–water partition coefficient (Wildman–Crippen LogP) is 1.96. The fraction of sp³-hybridized carbons (Fsp3) is 0.846. The third-order valence-electron chi connectivity index (χ3n) is 3.14. The van der Waals surface area contributed by atoms with Gasteiger partial charge in [-0.25, -0.2) is 0 Å². The smallest absolute Gasteiger partial charge is 0.310 e. The number of esters is 1. The molecule has 4 nitrogen and oxygen atoms in total. The van der Waals surface area contributed by atoms with Gasteiger partial charge in [-0.3, -0.25) is 4.79 Å². The van der Waals surface area contributed by atoms with E-state index >= 15 is 0 Å².